The van der Waals surface area contributed by atoms with Crippen molar-refractivity contribution in [2.24, 2.45) is 0 Å². The van der Waals surface area contributed by atoms with E-state index >= 15 is 0 Å². The first-order valence-corrected chi connectivity index (χ1v) is 6.04. The fourth-order valence-corrected chi connectivity index (χ4v) is 1.97. The maximum atomic E-state index is 5.41. The third kappa shape index (κ3) is 2.86. The van der Waals surface area contributed by atoms with Crippen molar-refractivity contribution in [1.82, 2.24) is 10.2 Å². The van der Waals surface area contributed by atoms with E-state index in [1.807, 2.05) is 19.2 Å². The van der Waals surface area contributed by atoms with Crippen LogP contribution in [0.3, 0.4) is 0 Å². The number of methoxy groups -OCH3 is 1. The van der Waals surface area contributed by atoms with Crippen molar-refractivity contribution in [2.45, 2.75) is 6.54 Å². The van der Waals surface area contributed by atoms with Crippen LogP contribution < -0.4 is 19.5 Å². The Balaban J connectivity index is 2.09. The molecule has 100 valence electrons. The summed E-state index contributed by atoms with van der Waals surface area (Å²) in [4.78, 5) is 2.24. The molecule has 1 heterocycles. The van der Waals surface area contributed by atoms with Gasteiger partial charge in [0.2, 0.25) is 12.5 Å². The van der Waals surface area contributed by atoms with Gasteiger partial charge in [-0.15, -0.1) is 0 Å². The van der Waals surface area contributed by atoms with Crippen molar-refractivity contribution in [1.29, 1.82) is 0 Å². The average Bonchev–Trinajstić information content (AvgIpc) is 2.83. The number of nitrogens with zero attached hydrogens (tertiary/aromatic N) is 1. The first-order valence-electron chi connectivity index (χ1n) is 6.04. The van der Waals surface area contributed by atoms with Crippen LogP contribution in [0.25, 0.3) is 0 Å². The highest BCUT2D eigenvalue weighted by atomic mass is 16.7. The lowest BCUT2D eigenvalue weighted by Gasteiger charge is -2.17. The van der Waals surface area contributed by atoms with E-state index in [-0.39, 0.29) is 6.79 Å². The lowest BCUT2D eigenvalue weighted by atomic mass is 10.1. The molecule has 5 heteroatoms. The van der Waals surface area contributed by atoms with Crippen LogP contribution in [0.1, 0.15) is 5.56 Å². The molecule has 0 aliphatic carbocycles. The predicted octanol–water partition coefficient (Wildman–Crippen LogP) is 1.08. The third-order valence-electron chi connectivity index (χ3n) is 2.91. The molecule has 1 aliphatic heterocycles. The first kappa shape index (κ1) is 13.0. The van der Waals surface area contributed by atoms with Gasteiger partial charge in [0.1, 0.15) is 0 Å². The van der Waals surface area contributed by atoms with E-state index in [9.17, 15) is 0 Å². The van der Waals surface area contributed by atoms with Crippen molar-refractivity contribution in [3.63, 3.8) is 0 Å². The number of benzene rings is 1. The first-order chi connectivity index (χ1) is 8.74. The summed E-state index contributed by atoms with van der Waals surface area (Å²) >= 11 is 0. The molecule has 0 amide bonds. The van der Waals surface area contributed by atoms with Crippen LogP contribution in [0, 0.1) is 0 Å². The summed E-state index contributed by atoms with van der Waals surface area (Å²) in [5.74, 6) is 2.22. The molecule has 0 spiro atoms. The smallest absolute Gasteiger partial charge is 0.231 e. The molecule has 1 aromatic rings. The van der Waals surface area contributed by atoms with Gasteiger partial charge in [0, 0.05) is 19.6 Å². The summed E-state index contributed by atoms with van der Waals surface area (Å²) in [5, 5.41) is 3.14. The average molecular weight is 252 g/mol. The Bertz CT molecular complexity index is 409. The molecule has 1 aromatic carbocycles. The van der Waals surface area contributed by atoms with E-state index in [1.54, 1.807) is 7.11 Å². The van der Waals surface area contributed by atoms with Crippen molar-refractivity contribution < 1.29 is 14.2 Å². The zero-order chi connectivity index (χ0) is 13.0. The maximum absolute atomic E-state index is 5.41. The second-order valence-corrected chi connectivity index (χ2v) is 4.37. The van der Waals surface area contributed by atoms with Gasteiger partial charge in [-0.2, -0.15) is 0 Å². The molecular weight excluding hydrogens is 232 g/mol. The lowest BCUT2D eigenvalue weighted by molar-refractivity contribution is 0.171. The van der Waals surface area contributed by atoms with Gasteiger partial charge in [0.15, 0.2) is 11.5 Å². The van der Waals surface area contributed by atoms with E-state index in [2.05, 4.69) is 17.3 Å². The van der Waals surface area contributed by atoms with Gasteiger partial charge >= 0.3 is 0 Å². The second-order valence-electron chi connectivity index (χ2n) is 4.37. The van der Waals surface area contributed by atoms with Crippen LogP contribution in [0.5, 0.6) is 17.2 Å². The second kappa shape index (κ2) is 5.93. The van der Waals surface area contributed by atoms with Crippen LogP contribution in [0.2, 0.25) is 0 Å². The zero-order valence-electron chi connectivity index (χ0n) is 11.2. The molecule has 18 heavy (non-hydrogen) atoms. The number of hydrogen-bond donors (Lipinski definition) is 1. The minimum absolute atomic E-state index is 0.269. The number of rotatable bonds is 6. The van der Waals surface area contributed by atoms with Gasteiger partial charge in [-0.25, -0.2) is 0 Å². The van der Waals surface area contributed by atoms with Crippen molar-refractivity contribution >= 4 is 0 Å². The van der Waals surface area contributed by atoms with Crippen molar-refractivity contribution in [3.8, 4) is 17.2 Å². The van der Waals surface area contributed by atoms with E-state index in [0.717, 1.165) is 36.7 Å². The molecule has 0 atom stereocenters. The summed E-state index contributed by atoms with van der Waals surface area (Å²) in [6, 6.07) is 4.02. The van der Waals surface area contributed by atoms with Gasteiger partial charge in [-0.1, -0.05) is 0 Å². The standard InChI is InChI=1S/C13H20N2O3/c1-14-4-5-15(2)8-10-6-11(16-3)13-12(7-10)17-9-18-13/h6-7,14H,4-5,8-9H2,1-3H3. The van der Waals surface area contributed by atoms with E-state index in [0.29, 0.717) is 5.75 Å². The van der Waals surface area contributed by atoms with Gasteiger partial charge in [0.05, 0.1) is 7.11 Å². The minimum atomic E-state index is 0.269. The molecule has 0 unspecified atom stereocenters. The monoisotopic (exact) mass is 252 g/mol. The van der Waals surface area contributed by atoms with E-state index in [4.69, 9.17) is 14.2 Å². The van der Waals surface area contributed by atoms with Gasteiger partial charge in [-0.05, 0) is 31.8 Å². The molecule has 0 fully saturated rings. The highest BCUT2D eigenvalue weighted by Gasteiger charge is 2.20. The Hall–Kier alpha value is -1.46. The van der Waals surface area contributed by atoms with Gasteiger partial charge in [0.25, 0.3) is 0 Å². The topological polar surface area (TPSA) is 43.0 Å². The summed E-state index contributed by atoms with van der Waals surface area (Å²) in [5.41, 5.74) is 1.16. The van der Waals surface area contributed by atoms with Crippen molar-refractivity contribution in [3.05, 3.63) is 17.7 Å². The lowest BCUT2D eigenvalue weighted by Crippen LogP contribution is -2.26. The highest BCUT2D eigenvalue weighted by Crippen LogP contribution is 2.41. The molecule has 2 rings (SSSR count). The number of fused-ring (bicyclic) bond motifs is 1. The number of nitrogens with one attached hydrogen (secondary N) is 1. The predicted molar refractivity (Wildman–Crippen MR) is 69.4 cm³/mol. The Kier molecular flexibility index (Phi) is 4.28. The number of ether oxygens (including phenoxy) is 3. The number of hydrogen-bond acceptors (Lipinski definition) is 5. The normalized spacial score (nSPS) is 13.1. The van der Waals surface area contributed by atoms with E-state index in [1.165, 1.54) is 0 Å². The Labute approximate surface area is 108 Å². The SMILES string of the molecule is CNCCN(C)Cc1cc(OC)c2c(c1)OCO2. The third-order valence-corrected chi connectivity index (χ3v) is 2.91. The Morgan fingerprint density at radius 1 is 1.39 bits per heavy atom. The molecule has 1 aliphatic rings. The van der Waals surface area contributed by atoms with Crippen LogP contribution in [0.4, 0.5) is 0 Å². The quantitative estimate of drug-likeness (QED) is 0.820. The molecule has 0 saturated heterocycles. The molecule has 0 bridgehead atoms. The summed E-state index contributed by atoms with van der Waals surface area (Å²) in [7, 11) is 5.69. The van der Waals surface area contributed by atoms with E-state index < -0.39 is 0 Å². The zero-order valence-corrected chi connectivity index (χ0v) is 11.2. The van der Waals surface area contributed by atoms with Crippen LogP contribution >= 0.6 is 0 Å². The molecule has 0 saturated carbocycles. The molecule has 5 nitrogen and oxygen atoms in total. The number of likely N-dealkylation sites (N-methyl/N-ethyl adjacent to an activating group) is 2. The summed E-state index contributed by atoms with van der Waals surface area (Å²) in [6.07, 6.45) is 0. The largest absolute Gasteiger partial charge is 0.493 e. The molecular formula is C13H20N2O3. The minimum Gasteiger partial charge on any atom is -0.493 e. The highest BCUT2D eigenvalue weighted by molar-refractivity contribution is 5.55. The Morgan fingerprint density at radius 3 is 2.94 bits per heavy atom. The molecule has 0 aromatic heterocycles. The fraction of sp³-hybridized carbons (Fsp3) is 0.538. The fourth-order valence-electron chi connectivity index (χ4n) is 1.97. The van der Waals surface area contributed by atoms with Crippen LogP contribution in [-0.2, 0) is 6.54 Å². The van der Waals surface area contributed by atoms with Gasteiger partial charge < -0.3 is 24.4 Å². The van der Waals surface area contributed by atoms with Crippen LogP contribution in [0.15, 0.2) is 12.1 Å². The molecule has 1 N–H and O–H groups in total. The Morgan fingerprint density at radius 2 is 2.22 bits per heavy atom. The molecule has 0 radical (unpaired) electrons. The summed E-state index contributed by atoms with van der Waals surface area (Å²) < 4.78 is 16.1. The maximum Gasteiger partial charge on any atom is 0.231 e. The summed E-state index contributed by atoms with van der Waals surface area (Å²) in [6.45, 7) is 3.09. The van der Waals surface area contributed by atoms with Gasteiger partial charge in [-0.3, -0.25) is 0 Å². The van der Waals surface area contributed by atoms with Crippen molar-refractivity contribution in [2.75, 3.05) is 41.1 Å². The van der Waals surface area contributed by atoms with Crippen LogP contribution in [-0.4, -0.2) is 46.0 Å².